The largest absolute Gasteiger partial charge is 0.465 e. The number of fused-ring (bicyclic) bond motifs is 2. The van der Waals surface area contributed by atoms with Gasteiger partial charge in [0.1, 0.15) is 12.6 Å². The minimum absolute atomic E-state index is 0.0458. The van der Waals surface area contributed by atoms with Crippen LogP contribution in [-0.4, -0.2) is 75.3 Å². The Morgan fingerprint density at radius 2 is 1.94 bits per heavy atom. The summed E-state index contributed by atoms with van der Waals surface area (Å²) in [7, 11) is 0. The van der Waals surface area contributed by atoms with Gasteiger partial charge in [-0.1, -0.05) is 51.1 Å². The number of carbonyl (C=O) groups excluding carboxylic acids is 2. The first kappa shape index (κ1) is 24.3. The molecule has 34 heavy (non-hydrogen) atoms. The van der Waals surface area contributed by atoms with Crippen LogP contribution in [0.5, 0.6) is 0 Å². The number of urea groups is 1. The number of rotatable bonds is 7. The number of nitrogens with zero attached hydrogens (tertiary/aromatic N) is 3. The fraction of sp³-hybridized carbons (Fsp3) is 0.625. The maximum Gasteiger partial charge on any atom is 0.407 e. The second-order valence-corrected chi connectivity index (χ2v) is 10.3. The van der Waals surface area contributed by atoms with Crippen molar-refractivity contribution in [2.24, 2.45) is 5.41 Å². The first-order chi connectivity index (χ1) is 16.1. The predicted octanol–water partition coefficient (Wildman–Crippen LogP) is 2.99. The normalized spacial score (nSPS) is 26.8. The highest BCUT2D eigenvalue weighted by molar-refractivity contribution is 5.88. The molecule has 3 aliphatic rings. The molecule has 2 N–H and O–H groups in total. The number of nitrogens with one attached hydrogen (secondary N) is 1. The number of carbonyl (C=O) groups is 3. The Morgan fingerprint density at radius 3 is 2.62 bits per heavy atom. The molecule has 3 aliphatic heterocycles. The third-order valence-corrected chi connectivity index (χ3v) is 7.44. The maximum atomic E-state index is 12.9. The number of hydrogen-bond donors (Lipinski definition) is 2. The maximum absolute atomic E-state index is 12.9. The van der Waals surface area contributed by atoms with Crippen LogP contribution in [0.25, 0.3) is 0 Å². The third-order valence-electron chi connectivity index (χ3n) is 7.44. The average Bonchev–Trinajstić information content (AvgIpc) is 3.34. The molecule has 0 saturated carbocycles. The molecule has 0 radical (unpaired) electrons. The predicted molar refractivity (Wildman–Crippen MR) is 122 cm³/mol. The Labute approximate surface area is 199 Å². The molecule has 2 bridgehead atoms. The van der Waals surface area contributed by atoms with Crippen LogP contribution in [0, 0.1) is 5.41 Å². The standard InChI is InChI=1S/C24H34N4O6/c1-23(2,3)24(12-7-13-27(24)22(31)32)16-33-25-20(29)19-11-10-18-14-26(19)21(30)28(18)34-15-17-8-5-4-6-9-17/h4-6,8-9,18-19H,7,10-16H2,1-3H3,(H,25,29)(H,31,32)/t18-,19+,24+/m1/s1. The number of benzene rings is 1. The van der Waals surface area contributed by atoms with Crippen molar-refractivity contribution in [1.29, 1.82) is 0 Å². The summed E-state index contributed by atoms with van der Waals surface area (Å²) in [6.45, 7) is 7.13. The summed E-state index contributed by atoms with van der Waals surface area (Å²) in [6, 6.07) is 8.55. The van der Waals surface area contributed by atoms with Crippen molar-refractivity contribution in [2.75, 3.05) is 19.7 Å². The number of likely N-dealkylation sites (tertiary alicyclic amines) is 1. The summed E-state index contributed by atoms with van der Waals surface area (Å²) in [5.41, 5.74) is 2.34. The fourth-order valence-corrected chi connectivity index (χ4v) is 5.39. The van der Waals surface area contributed by atoms with Gasteiger partial charge in [-0.05, 0) is 36.7 Å². The number of hydroxylamine groups is 3. The van der Waals surface area contributed by atoms with Crippen molar-refractivity contribution < 1.29 is 29.2 Å². The van der Waals surface area contributed by atoms with Crippen LogP contribution in [0.15, 0.2) is 30.3 Å². The third kappa shape index (κ3) is 4.44. The van der Waals surface area contributed by atoms with E-state index in [0.717, 1.165) is 12.0 Å². The highest BCUT2D eigenvalue weighted by Gasteiger charge is 2.53. The Morgan fingerprint density at radius 1 is 1.21 bits per heavy atom. The Bertz CT molecular complexity index is 920. The molecule has 1 aromatic carbocycles. The van der Waals surface area contributed by atoms with E-state index in [2.05, 4.69) is 5.48 Å². The molecule has 0 aliphatic carbocycles. The van der Waals surface area contributed by atoms with Crippen molar-refractivity contribution in [3.05, 3.63) is 35.9 Å². The minimum Gasteiger partial charge on any atom is -0.465 e. The molecular formula is C24H34N4O6. The summed E-state index contributed by atoms with van der Waals surface area (Å²) >= 11 is 0. The molecule has 0 spiro atoms. The van der Waals surface area contributed by atoms with Gasteiger partial charge >= 0.3 is 12.1 Å². The van der Waals surface area contributed by atoms with Gasteiger partial charge in [-0.3, -0.25) is 19.4 Å². The van der Waals surface area contributed by atoms with E-state index in [0.29, 0.717) is 32.4 Å². The lowest BCUT2D eigenvalue weighted by atomic mass is 9.72. The zero-order valence-electron chi connectivity index (χ0n) is 20.0. The van der Waals surface area contributed by atoms with Gasteiger partial charge in [0, 0.05) is 13.1 Å². The molecule has 3 heterocycles. The van der Waals surface area contributed by atoms with Crippen LogP contribution >= 0.6 is 0 Å². The number of amides is 4. The van der Waals surface area contributed by atoms with Gasteiger partial charge < -0.3 is 10.0 Å². The molecule has 186 valence electrons. The molecule has 10 heteroatoms. The topological polar surface area (TPSA) is 112 Å². The van der Waals surface area contributed by atoms with E-state index in [1.165, 1.54) is 14.9 Å². The summed E-state index contributed by atoms with van der Waals surface area (Å²) in [6.07, 6.45) is 1.56. The van der Waals surface area contributed by atoms with Gasteiger partial charge in [-0.2, -0.15) is 5.06 Å². The minimum atomic E-state index is -0.987. The van der Waals surface area contributed by atoms with Crippen molar-refractivity contribution >= 4 is 18.0 Å². The molecule has 0 unspecified atom stereocenters. The molecular weight excluding hydrogens is 440 g/mol. The van der Waals surface area contributed by atoms with Gasteiger partial charge in [0.2, 0.25) is 0 Å². The van der Waals surface area contributed by atoms with Crippen LogP contribution in [0.3, 0.4) is 0 Å². The zero-order chi connectivity index (χ0) is 24.5. The molecule has 3 fully saturated rings. The van der Waals surface area contributed by atoms with Crippen LogP contribution in [0.4, 0.5) is 9.59 Å². The van der Waals surface area contributed by atoms with Gasteiger partial charge in [0.25, 0.3) is 5.91 Å². The first-order valence-corrected chi connectivity index (χ1v) is 11.8. The lowest BCUT2D eigenvalue weighted by Crippen LogP contribution is -2.59. The summed E-state index contributed by atoms with van der Waals surface area (Å²) in [4.78, 5) is 52.1. The monoisotopic (exact) mass is 474 g/mol. The van der Waals surface area contributed by atoms with Crippen LogP contribution in [0.2, 0.25) is 0 Å². The number of carboxylic acid groups (broad SMARTS) is 1. The molecule has 3 atom stereocenters. The lowest BCUT2D eigenvalue weighted by molar-refractivity contribution is -0.145. The number of hydrogen-bond acceptors (Lipinski definition) is 5. The summed E-state index contributed by atoms with van der Waals surface area (Å²) in [5.74, 6) is -0.402. The van der Waals surface area contributed by atoms with E-state index in [9.17, 15) is 19.5 Å². The number of piperidine rings is 1. The van der Waals surface area contributed by atoms with E-state index in [1.807, 2.05) is 51.1 Å². The van der Waals surface area contributed by atoms with Gasteiger partial charge in [-0.15, -0.1) is 0 Å². The second-order valence-electron chi connectivity index (χ2n) is 10.3. The SMILES string of the molecule is CC(C)(C)[C@@]1(CONC(=O)[C@@H]2CC[C@@H]3CN2C(=O)N3OCc2ccccc2)CCCN1C(=O)O. The molecule has 4 rings (SSSR count). The molecule has 0 aromatic heterocycles. The average molecular weight is 475 g/mol. The van der Waals surface area contributed by atoms with Gasteiger partial charge in [0.05, 0.1) is 18.2 Å². The Balaban J connectivity index is 1.34. The highest BCUT2D eigenvalue weighted by Crippen LogP contribution is 2.44. The van der Waals surface area contributed by atoms with E-state index in [4.69, 9.17) is 9.68 Å². The summed E-state index contributed by atoms with van der Waals surface area (Å²) in [5, 5.41) is 11.1. The second kappa shape index (κ2) is 9.42. The Kier molecular flexibility index (Phi) is 6.73. The van der Waals surface area contributed by atoms with Crippen LogP contribution < -0.4 is 5.48 Å². The van der Waals surface area contributed by atoms with E-state index in [1.54, 1.807) is 0 Å². The van der Waals surface area contributed by atoms with Crippen LogP contribution in [-0.2, 0) is 21.1 Å². The highest BCUT2D eigenvalue weighted by atomic mass is 16.7. The van der Waals surface area contributed by atoms with E-state index >= 15 is 0 Å². The van der Waals surface area contributed by atoms with E-state index < -0.39 is 23.6 Å². The van der Waals surface area contributed by atoms with Crippen molar-refractivity contribution in [1.82, 2.24) is 20.3 Å². The lowest BCUT2D eigenvalue weighted by Gasteiger charge is -2.46. The van der Waals surface area contributed by atoms with E-state index in [-0.39, 0.29) is 30.7 Å². The fourth-order valence-electron chi connectivity index (χ4n) is 5.39. The molecule has 3 saturated heterocycles. The Hall–Kier alpha value is -2.85. The molecule has 10 nitrogen and oxygen atoms in total. The summed E-state index contributed by atoms with van der Waals surface area (Å²) < 4.78 is 0. The van der Waals surface area contributed by atoms with Crippen molar-refractivity contribution in [3.8, 4) is 0 Å². The molecule has 1 aromatic rings. The smallest absolute Gasteiger partial charge is 0.407 e. The first-order valence-electron chi connectivity index (χ1n) is 11.8. The quantitative estimate of drug-likeness (QED) is 0.588. The molecule has 4 amide bonds. The van der Waals surface area contributed by atoms with Gasteiger partial charge in [-0.25, -0.2) is 15.1 Å². The van der Waals surface area contributed by atoms with Crippen LogP contribution in [0.1, 0.15) is 52.0 Å². The van der Waals surface area contributed by atoms with Gasteiger partial charge in [0.15, 0.2) is 0 Å². The van der Waals surface area contributed by atoms with Crippen molar-refractivity contribution in [2.45, 2.75) is 70.7 Å². The zero-order valence-corrected chi connectivity index (χ0v) is 20.0. The van der Waals surface area contributed by atoms with Crippen molar-refractivity contribution in [3.63, 3.8) is 0 Å².